The fourth-order valence-corrected chi connectivity index (χ4v) is 3.52. The van der Waals surface area contributed by atoms with Crippen LogP contribution in [0.4, 0.5) is 5.69 Å². The maximum atomic E-state index is 12.1. The van der Waals surface area contributed by atoms with Gasteiger partial charge in [-0.05, 0) is 49.3 Å². The molecule has 0 aliphatic carbocycles. The van der Waals surface area contributed by atoms with Gasteiger partial charge in [0.25, 0.3) is 5.91 Å². The summed E-state index contributed by atoms with van der Waals surface area (Å²) < 4.78 is 0. The van der Waals surface area contributed by atoms with Crippen LogP contribution in [0.2, 0.25) is 0 Å². The lowest BCUT2D eigenvalue weighted by molar-refractivity contribution is 0.0953. The third-order valence-corrected chi connectivity index (χ3v) is 4.89. The zero-order valence-electron chi connectivity index (χ0n) is 12.2. The number of nitrogens with one attached hydrogen (secondary N) is 2. The number of hydrogen-bond acceptors (Lipinski definition) is 3. The number of rotatable bonds is 6. The van der Waals surface area contributed by atoms with Gasteiger partial charge in [-0.25, -0.2) is 0 Å². The van der Waals surface area contributed by atoms with Gasteiger partial charge in [0.2, 0.25) is 0 Å². The van der Waals surface area contributed by atoms with Crippen LogP contribution in [-0.4, -0.2) is 30.0 Å². The van der Waals surface area contributed by atoms with E-state index < -0.39 is 0 Å². The van der Waals surface area contributed by atoms with E-state index in [1.165, 1.54) is 25.0 Å². The Kier molecular flexibility index (Phi) is 6.25. The highest BCUT2D eigenvalue weighted by Crippen LogP contribution is 2.24. The zero-order valence-corrected chi connectivity index (χ0v) is 13.0. The summed E-state index contributed by atoms with van der Waals surface area (Å²) >= 11 is 1.99. The fourth-order valence-electron chi connectivity index (χ4n) is 2.29. The third kappa shape index (κ3) is 4.75. The lowest BCUT2D eigenvalue weighted by Gasteiger charge is -2.21. The first kappa shape index (κ1) is 15.2. The molecule has 1 aliphatic heterocycles. The van der Waals surface area contributed by atoms with Crippen molar-refractivity contribution in [3.63, 3.8) is 0 Å². The minimum absolute atomic E-state index is 0.0400. The lowest BCUT2D eigenvalue weighted by atomic mass is 10.1. The van der Waals surface area contributed by atoms with E-state index in [0.29, 0.717) is 5.25 Å². The predicted molar refractivity (Wildman–Crippen MR) is 87.7 cm³/mol. The van der Waals surface area contributed by atoms with Gasteiger partial charge in [-0.2, -0.15) is 11.8 Å². The minimum Gasteiger partial charge on any atom is -0.385 e. The van der Waals surface area contributed by atoms with Gasteiger partial charge >= 0.3 is 0 Å². The van der Waals surface area contributed by atoms with Crippen molar-refractivity contribution in [3.8, 4) is 0 Å². The average Bonchev–Trinajstić information content (AvgIpc) is 2.52. The van der Waals surface area contributed by atoms with Crippen LogP contribution in [0.1, 0.15) is 43.0 Å². The molecular weight excluding hydrogens is 268 g/mol. The Morgan fingerprint density at radius 2 is 2.10 bits per heavy atom. The van der Waals surface area contributed by atoms with Crippen molar-refractivity contribution in [2.75, 3.05) is 24.2 Å². The number of hydrogen-bond donors (Lipinski definition) is 2. The van der Waals surface area contributed by atoms with Gasteiger partial charge in [0.05, 0.1) is 0 Å². The van der Waals surface area contributed by atoms with E-state index in [2.05, 4.69) is 17.6 Å². The highest BCUT2D eigenvalue weighted by atomic mass is 32.2. The van der Waals surface area contributed by atoms with Crippen molar-refractivity contribution in [3.05, 3.63) is 29.8 Å². The first-order valence-electron chi connectivity index (χ1n) is 7.53. The SMILES string of the molecule is CCCNc1ccc(C(=O)NCC2CCCCS2)cc1. The second-order valence-corrected chi connectivity index (χ2v) is 6.61. The van der Waals surface area contributed by atoms with Crippen molar-refractivity contribution in [1.29, 1.82) is 0 Å². The van der Waals surface area contributed by atoms with E-state index in [0.717, 1.165) is 30.8 Å². The second kappa shape index (κ2) is 8.20. The molecule has 4 heteroatoms. The highest BCUT2D eigenvalue weighted by molar-refractivity contribution is 7.99. The van der Waals surface area contributed by atoms with Crippen molar-refractivity contribution < 1.29 is 4.79 Å². The second-order valence-electron chi connectivity index (χ2n) is 5.20. The summed E-state index contributed by atoms with van der Waals surface area (Å²) in [5.74, 6) is 1.27. The molecule has 1 heterocycles. The Labute approximate surface area is 125 Å². The Hall–Kier alpha value is -1.16. The molecule has 1 saturated heterocycles. The van der Waals surface area contributed by atoms with E-state index in [-0.39, 0.29) is 5.91 Å². The van der Waals surface area contributed by atoms with Gasteiger partial charge in [0, 0.05) is 29.6 Å². The van der Waals surface area contributed by atoms with Crippen molar-refractivity contribution in [2.24, 2.45) is 0 Å². The standard InChI is InChI=1S/C16H24N2OS/c1-2-10-17-14-8-6-13(7-9-14)16(19)18-12-15-5-3-4-11-20-15/h6-9,15,17H,2-5,10-12H2,1H3,(H,18,19). The summed E-state index contributed by atoms with van der Waals surface area (Å²) in [6, 6.07) is 7.72. The maximum Gasteiger partial charge on any atom is 0.251 e. The molecule has 1 aromatic carbocycles. The number of thioether (sulfide) groups is 1. The molecule has 1 aliphatic rings. The summed E-state index contributed by atoms with van der Waals surface area (Å²) in [4.78, 5) is 12.1. The molecule has 1 unspecified atom stereocenters. The van der Waals surface area contributed by atoms with E-state index in [1.807, 2.05) is 36.0 Å². The molecule has 1 fully saturated rings. The number of benzene rings is 1. The topological polar surface area (TPSA) is 41.1 Å². The Balaban J connectivity index is 1.79. The van der Waals surface area contributed by atoms with E-state index in [4.69, 9.17) is 0 Å². The summed E-state index contributed by atoms with van der Waals surface area (Å²) in [5, 5.41) is 6.96. The monoisotopic (exact) mass is 292 g/mol. The third-order valence-electron chi connectivity index (χ3n) is 3.49. The van der Waals surface area contributed by atoms with Crippen LogP contribution < -0.4 is 10.6 Å². The molecule has 0 bridgehead atoms. The van der Waals surface area contributed by atoms with Gasteiger partial charge in [-0.3, -0.25) is 4.79 Å². The summed E-state index contributed by atoms with van der Waals surface area (Å²) in [5.41, 5.74) is 1.82. The largest absolute Gasteiger partial charge is 0.385 e. The summed E-state index contributed by atoms with van der Waals surface area (Å²) in [6.07, 6.45) is 4.94. The van der Waals surface area contributed by atoms with Gasteiger partial charge in [0.1, 0.15) is 0 Å². The number of carbonyl (C=O) groups is 1. The molecule has 1 amide bonds. The molecule has 2 rings (SSSR count). The van der Waals surface area contributed by atoms with Crippen LogP contribution in [0.3, 0.4) is 0 Å². The highest BCUT2D eigenvalue weighted by Gasteiger charge is 2.15. The lowest BCUT2D eigenvalue weighted by Crippen LogP contribution is -2.31. The molecule has 0 saturated carbocycles. The Morgan fingerprint density at radius 3 is 2.75 bits per heavy atom. The molecule has 0 spiro atoms. The van der Waals surface area contributed by atoms with Crippen LogP contribution in [0.25, 0.3) is 0 Å². The minimum atomic E-state index is 0.0400. The summed E-state index contributed by atoms with van der Waals surface area (Å²) in [7, 11) is 0. The van der Waals surface area contributed by atoms with E-state index in [9.17, 15) is 4.79 Å². The Bertz CT molecular complexity index is 413. The van der Waals surface area contributed by atoms with E-state index in [1.54, 1.807) is 0 Å². The van der Waals surface area contributed by atoms with Gasteiger partial charge in [0.15, 0.2) is 0 Å². The number of carbonyl (C=O) groups excluding carboxylic acids is 1. The van der Waals surface area contributed by atoms with Gasteiger partial charge in [-0.1, -0.05) is 13.3 Å². The van der Waals surface area contributed by atoms with Crippen molar-refractivity contribution >= 4 is 23.4 Å². The molecule has 20 heavy (non-hydrogen) atoms. The van der Waals surface area contributed by atoms with Crippen LogP contribution in [-0.2, 0) is 0 Å². The molecule has 0 radical (unpaired) electrons. The predicted octanol–water partition coefficient (Wildman–Crippen LogP) is 3.52. The molecule has 0 aromatic heterocycles. The quantitative estimate of drug-likeness (QED) is 0.843. The van der Waals surface area contributed by atoms with Crippen molar-refractivity contribution in [1.82, 2.24) is 5.32 Å². The Morgan fingerprint density at radius 1 is 1.30 bits per heavy atom. The first-order chi connectivity index (χ1) is 9.79. The van der Waals surface area contributed by atoms with Crippen LogP contribution >= 0.6 is 11.8 Å². The molecule has 1 atom stereocenters. The van der Waals surface area contributed by atoms with Gasteiger partial charge in [-0.15, -0.1) is 0 Å². The number of anilines is 1. The smallest absolute Gasteiger partial charge is 0.251 e. The molecule has 3 nitrogen and oxygen atoms in total. The summed E-state index contributed by atoms with van der Waals surface area (Å²) in [6.45, 7) is 3.89. The van der Waals surface area contributed by atoms with E-state index >= 15 is 0 Å². The molecular formula is C16H24N2OS. The average molecular weight is 292 g/mol. The number of amides is 1. The van der Waals surface area contributed by atoms with Crippen LogP contribution in [0, 0.1) is 0 Å². The normalized spacial score (nSPS) is 18.6. The molecule has 110 valence electrons. The maximum absolute atomic E-state index is 12.1. The zero-order chi connectivity index (χ0) is 14.2. The molecule has 1 aromatic rings. The molecule has 2 N–H and O–H groups in total. The van der Waals surface area contributed by atoms with Crippen LogP contribution in [0.15, 0.2) is 24.3 Å². The van der Waals surface area contributed by atoms with Crippen molar-refractivity contribution in [2.45, 2.75) is 37.9 Å². The fraction of sp³-hybridized carbons (Fsp3) is 0.562. The first-order valence-corrected chi connectivity index (χ1v) is 8.58. The van der Waals surface area contributed by atoms with Crippen LogP contribution in [0.5, 0.6) is 0 Å². The van der Waals surface area contributed by atoms with Gasteiger partial charge < -0.3 is 10.6 Å².